The number of aryl methyl sites for hydroxylation is 1. The summed E-state index contributed by atoms with van der Waals surface area (Å²) in [5, 5.41) is 0. The molecule has 0 N–H and O–H groups in total. The van der Waals surface area contributed by atoms with Gasteiger partial charge in [0.2, 0.25) is 11.8 Å². The Morgan fingerprint density at radius 1 is 0.914 bits per heavy atom. The molecule has 1 saturated heterocycles. The number of carbonyl (C=O) groups excluding carboxylic acids is 2. The normalized spacial score (nSPS) is 22.5. The number of carbonyl (C=O) groups is 2. The van der Waals surface area contributed by atoms with Gasteiger partial charge in [0.1, 0.15) is 11.6 Å². The van der Waals surface area contributed by atoms with Crippen LogP contribution < -0.4 is 9.80 Å². The number of amides is 2. The fourth-order valence-electron chi connectivity index (χ4n) is 5.87. The zero-order chi connectivity index (χ0) is 24.5. The van der Waals surface area contributed by atoms with E-state index in [1.165, 1.54) is 5.56 Å². The summed E-state index contributed by atoms with van der Waals surface area (Å²) in [6.45, 7) is 9.80. The number of benzene rings is 1. The van der Waals surface area contributed by atoms with Crippen LogP contribution in [0.5, 0.6) is 0 Å². The Bertz CT molecular complexity index is 1090. The molecule has 5 rings (SSSR count). The van der Waals surface area contributed by atoms with E-state index >= 15 is 0 Å². The maximum absolute atomic E-state index is 13.7. The Labute approximate surface area is 208 Å². The SMILES string of the molecule is Cc1cc(N2CCN(C(=O)C3CCCCC3C(=O)N3CCc4ccccc43)CC2)nc(C(C)C)n1. The van der Waals surface area contributed by atoms with Crippen LogP contribution in [0.4, 0.5) is 11.5 Å². The molecule has 2 amide bonds. The summed E-state index contributed by atoms with van der Waals surface area (Å²) >= 11 is 0. The van der Waals surface area contributed by atoms with Crippen LogP contribution in [-0.4, -0.2) is 59.4 Å². The molecule has 2 aliphatic heterocycles. The number of piperazine rings is 1. The second kappa shape index (κ2) is 9.96. The van der Waals surface area contributed by atoms with Gasteiger partial charge in [-0.15, -0.1) is 0 Å². The maximum atomic E-state index is 13.7. The number of fused-ring (bicyclic) bond motifs is 1. The lowest BCUT2D eigenvalue weighted by Crippen LogP contribution is -2.53. The Morgan fingerprint density at radius 2 is 1.60 bits per heavy atom. The third-order valence-corrected chi connectivity index (χ3v) is 7.84. The summed E-state index contributed by atoms with van der Waals surface area (Å²) in [7, 11) is 0. The summed E-state index contributed by atoms with van der Waals surface area (Å²) in [4.78, 5) is 42.9. The second-order valence-electron chi connectivity index (χ2n) is 10.6. The van der Waals surface area contributed by atoms with Crippen molar-refractivity contribution in [1.29, 1.82) is 0 Å². The monoisotopic (exact) mass is 475 g/mol. The topological polar surface area (TPSA) is 69.6 Å². The average Bonchev–Trinajstić information content (AvgIpc) is 3.32. The van der Waals surface area contributed by atoms with E-state index in [0.717, 1.165) is 74.8 Å². The highest BCUT2D eigenvalue weighted by Gasteiger charge is 2.41. The van der Waals surface area contributed by atoms with Crippen LogP contribution in [0.1, 0.15) is 62.5 Å². The summed E-state index contributed by atoms with van der Waals surface area (Å²) in [6, 6.07) is 10.2. The summed E-state index contributed by atoms with van der Waals surface area (Å²) in [5.74, 6) is 1.99. The van der Waals surface area contributed by atoms with Crippen LogP contribution in [0.2, 0.25) is 0 Å². The third-order valence-electron chi connectivity index (χ3n) is 7.84. The van der Waals surface area contributed by atoms with Crippen molar-refractivity contribution < 1.29 is 9.59 Å². The highest BCUT2D eigenvalue weighted by Crippen LogP contribution is 2.37. The van der Waals surface area contributed by atoms with Gasteiger partial charge >= 0.3 is 0 Å². The van der Waals surface area contributed by atoms with E-state index in [0.29, 0.717) is 13.1 Å². The van der Waals surface area contributed by atoms with Gasteiger partial charge < -0.3 is 14.7 Å². The molecule has 2 aromatic rings. The van der Waals surface area contributed by atoms with Crippen molar-refractivity contribution in [3.05, 3.63) is 47.4 Å². The van der Waals surface area contributed by atoms with Gasteiger partial charge in [-0.25, -0.2) is 9.97 Å². The van der Waals surface area contributed by atoms with Crippen molar-refractivity contribution in [1.82, 2.24) is 14.9 Å². The number of hydrogen-bond donors (Lipinski definition) is 0. The number of nitrogens with zero attached hydrogens (tertiary/aromatic N) is 5. The van der Waals surface area contributed by atoms with E-state index in [1.54, 1.807) is 0 Å². The van der Waals surface area contributed by atoms with Crippen molar-refractivity contribution in [3.63, 3.8) is 0 Å². The van der Waals surface area contributed by atoms with E-state index in [9.17, 15) is 9.59 Å². The molecule has 35 heavy (non-hydrogen) atoms. The smallest absolute Gasteiger partial charge is 0.230 e. The van der Waals surface area contributed by atoms with Crippen LogP contribution in [0.25, 0.3) is 0 Å². The van der Waals surface area contributed by atoms with Crippen molar-refractivity contribution in [2.45, 2.75) is 58.8 Å². The molecule has 0 bridgehead atoms. The van der Waals surface area contributed by atoms with Crippen LogP contribution >= 0.6 is 0 Å². The predicted octanol–water partition coefficient (Wildman–Crippen LogP) is 3.95. The van der Waals surface area contributed by atoms with Gasteiger partial charge in [-0.05, 0) is 37.8 Å². The number of hydrogen-bond acceptors (Lipinski definition) is 5. The highest BCUT2D eigenvalue weighted by atomic mass is 16.2. The molecule has 1 aliphatic carbocycles. The van der Waals surface area contributed by atoms with Gasteiger partial charge in [0.25, 0.3) is 0 Å². The molecule has 186 valence electrons. The van der Waals surface area contributed by atoms with Gasteiger partial charge in [0, 0.05) is 62.0 Å². The quantitative estimate of drug-likeness (QED) is 0.670. The molecule has 3 aliphatic rings. The van der Waals surface area contributed by atoms with Gasteiger partial charge in [-0.2, -0.15) is 0 Å². The molecule has 0 radical (unpaired) electrons. The first-order valence-electron chi connectivity index (χ1n) is 13.2. The van der Waals surface area contributed by atoms with Gasteiger partial charge in [-0.3, -0.25) is 9.59 Å². The number of aromatic nitrogens is 2. The minimum Gasteiger partial charge on any atom is -0.353 e. The molecule has 2 unspecified atom stereocenters. The lowest BCUT2D eigenvalue weighted by Gasteiger charge is -2.40. The first-order chi connectivity index (χ1) is 16.9. The molecule has 7 nitrogen and oxygen atoms in total. The van der Waals surface area contributed by atoms with Crippen molar-refractivity contribution >= 4 is 23.3 Å². The minimum atomic E-state index is -0.210. The summed E-state index contributed by atoms with van der Waals surface area (Å²) in [6.07, 6.45) is 4.57. The first-order valence-corrected chi connectivity index (χ1v) is 13.2. The largest absolute Gasteiger partial charge is 0.353 e. The van der Waals surface area contributed by atoms with E-state index in [-0.39, 0.29) is 29.6 Å². The second-order valence-corrected chi connectivity index (χ2v) is 10.6. The van der Waals surface area contributed by atoms with Gasteiger partial charge in [0.15, 0.2) is 0 Å². The summed E-state index contributed by atoms with van der Waals surface area (Å²) < 4.78 is 0. The molecule has 1 saturated carbocycles. The fraction of sp³-hybridized carbons (Fsp3) is 0.571. The highest BCUT2D eigenvalue weighted by molar-refractivity contribution is 5.99. The lowest BCUT2D eigenvalue weighted by molar-refractivity contribution is -0.143. The fourth-order valence-corrected chi connectivity index (χ4v) is 5.87. The Kier molecular flexibility index (Phi) is 6.76. The molecule has 2 fully saturated rings. The van der Waals surface area contributed by atoms with Crippen molar-refractivity contribution in [3.8, 4) is 0 Å². The molecule has 0 spiro atoms. The van der Waals surface area contributed by atoms with Gasteiger partial charge in [0.05, 0.1) is 5.92 Å². The Morgan fingerprint density at radius 3 is 2.31 bits per heavy atom. The summed E-state index contributed by atoms with van der Waals surface area (Å²) in [5.41, 5.74) is 3.24. The molecular weight excluding hydrogens is 438 g/mol. The number of para-hydroxylation sites is 1. The Balaban J connectivity index is 1.26. The van der Waals surface area contributed by atoms with Gasteiger partial charge in [-0.1, -0.05) is 44.9 Å². The van der Waals surface area contributed by atoms with Crippen molar-refractivity contribution in [2.24, 2.45) is 11.8 Å². The Hall–Kier alpha value is -2.96. The predicted molar refractivity (Wildman–Crippen MR) is 138 cm³/mol. The first kappa shape index (κ1) is 23.8. The number of anilines is 2. The van der Waals surface area contributed by atoms with Crippen LogP contribution in [0.3, 0.4) is 0 Å². The van der Waals surface area contributed by atoms with E-state index in [4.69, 9.17) is 4.98 Å². The van der Waals surface area contributed by atoms with E-state index in [1.807, 2.05) is 41.0 Å². The average molecular weight is 476 g/mol. The molecule has 3 heterocycles. The van der Waals surface area contributed by atoms with Crippen LogP contribution in [0.15, 0.2) is 30.3 Å². The third kappa shape index (κ3) is 4.78. The van der Waals surface area contributed by atoms with E-state index < -0.39 is 0 Å². The zero-order valence-corrected chi connectivity index (χ0v) is 21.2. The molecule has 1 aromatic heterocycles. The minimum absolute atomic E-state index is 0.143. The standard InChI is InChI=1S/C28H37N5O2/c1-19(2)26-29-20(3)18-25(30-26)31-14-16-32(17-15-31)27(34)22-9-5-6-10-23(22)28(35)33-13-12-21-8-4-7-11-24(21)33/h4,7-8,11,18-19,22-23H,5-6,9-10,12-17H2,1-3H3. The molecule has 1 aromatic carbocycles. The molecular formula is C28H37N5O2. The maximum Gasteiger partial charge on any atom is 0.230 e. The van der Waals surface area contributed by atoms with Crippen molar-refractivity contribution in [2.75, 3.05) is 42.5 Å². The van der Waals surface area contributed by atoms with E-state index in [2.05, 4.69) is 29.8 Å². The molecule has 7 heteroatoms. The molecule has 2 atom stereocenters. The lowest BCUT2D eigenvalue weighted by atomic mass is 9.77. The number of rotatable bonds is 4. The van der Waals surface area contributed by atoms with Crippen LogP contribution in [0, 0.1) is 18.8 Å². The van der Waals surface area contributed by atoms with Crippen LogP contribution in [-0.2, 0) is 16.0 Å². The zero-order valence-electron chi connectivity index (χ0n) is 21.2.